The van der Waals surface area contributed by atoms with Gasteiger partial charge >= 0.3 is 0 Å². The molecule has 2 aromatic carbocycles. The Morgan fingerprint density at radius 3 is 2.44 bits per heavy atom. The van der Waals surface area contributed by atoms with E-state index in [1.165, 1.54) is 5.69 Å². The molecule has 34 heavy (non-hydrogen) atoms. The van der Waals surface area contributed by atoms with Gasteiger partial charge in [-0.1, -0.05) is 18.2 Å². The van der Waals surface area contributed by atoms with E-state index >= 15 is 0 Å². The molecule has 0 saturated heterocycles. The molecule has 8 heteroatoms. The minimum absolute atomic E-state index is 0.0884. The first-order chi connectivity index (χ1) is 16.3. The lowest BCUT2D eigenvalue weighted by molar-refractivity contribution is 0.153. The fourth-order valence-electron chi connectivity index (χ4n) is 3.79. The first-order valence-electron chi connectivity index (χ1n) is 11.4. The zero-order valence-electron chi connectivity index (χ0n) is 20.1. The highest BCUT2D eigenvalue weighted by Crippen LogP contribution is 2.31. The Kier molecular flexibility index (Phi) is 8.51. The second-order valence-electron chi connectivity index (χ2n) is 7.74. The molecule has 0 atom stereocenters. The Balaban J connectivity index is 1.88. The second-order valence-corrected chi connectivity index (χ2v) is 9.45. The SMILES string of the molecule is CCOCCNS(=O)(=O)/C(C#N)=C(\C)c1ccc(-c2ccc3cc(N(CC)CC)ccc3c2)o1. The highest BCUT2D eigenvalue weighted by molar-refractivity contribution is 7.93. The summed E-state index contributed by atoms with van der Waals surface area (Å²) < 4.78 is 38.7. The zero-order valence-corrected chi connectivity index (χ0v) is 20.9. The summed E-state index contributed by atoms with van der Waals surface area (Å²) in [4.78, 5) is 1.93. The van der Waals surface area contributed by atoms with E-state index in [1.807, 2.05) is 19.1 Å². The van der Waals surface area contributed by atoms with Crippen LogP contribution in [0.4, 0.5) is 5.69 Å². The van der Waals surface area contributed by atoms with Crippen LogP contribution in [0.15, 0.2) is 57.9 Å². The van der Waals surface area contributed by atoms with Crippen LogP contribution in [0.2, 0.25) is 0 Å². The predicted octanol–water partition coefficient (Wildman–Crippen LogP) is 5.16. The number of rotatable bonds is 11. The van der Waals surface area contributed by atoms with E-state index in [-0.39, 0.29) is 23.6 Å². The van der Waals surface area contributed by atoms with Crippen LogP contribution >= 0.6 is 0 Å². The number of ether oxygens (including phenoxy) is 1. The molecule has 0 spiro atoms. The number of nitrogens with zero attached hydrogens (tertiary/aromatic N) is 2. The van der Waals surface area contributed by atoms with Crippen LogP contribution < -0.4 is 9.62 Å². The molecule has 180 valence electrons. The number of furan rings is 1. The van der Waals surface area contributed by atoms with Gasteiger partial charge in [0.05, 0.1) is 6.61 Å². The maximum atomic E-state index is 12.6. The third kappa shape index (κ3) is 5.68. The minimum atomic E-state index is -3.98. The number of sulfonamides is 1. The van der Waals surface area contributed by atoms with Crippen molar-refractivity contribution in [1.29, 1.82) is 5.26 Å². The molecule has 0 saturated carbocycles. The van der Waals surface area contributed by atoms with E-state index in [9.17, 15) is 13.7 Å². The van der Waals surface area contributed by atoms with Crippen molar-refractivity contribution >= 4 is 32.1 Å². The first-order valence-corrected chi connectivity index (χ1v) is 12.9. The lowest BCUT2D eigenvalue weighted by atomic mass is 10.0. The maximum Gasteiger partial charge on any atom is 0.251 e. The Labute approximate surface area is 201 Å². The first kappa shape index (κ1) is 25.5. The largest absolute Gasteiger partial charge is 0.456 e. The van der Waals surface area contributed by atoms with Crippen LogP contribution in [0.25, 0.3) is 27.7 Å². The molecule has 0 aliphatic heterocycles. The van der Waals surface area contributed by atoms with Gasteiger partial charge in [-0.2, -0.15) is 5.26 Å². The summed E-state index contributed by atoms with van der Waals surface area (Å²) >= 11 is 0. The van der Waals surface area contributed by atoms with Crippen LogP contribution in [0.1, 0.15) is 33.5 Å². The van der Waals surface area contributed by atoms with Crippen molar-refractivity contribution in [3.8, 4) is 17.4 Å². The normalized spacial score (nSPS) is 12.4. The molecule has 1 aromatic heterocycles. The van der Waals surface area contributed by atoms with Gasteiger partial charge in [0.1, 0.15) is 17.6 Å². The predicted molar refractivity (Wildman–Crippen MR) is 137 cm³/mol. The van der Waals surface area contributed by atoms with E-state index < -0.39 is 10.0 Å². The maximum absolute atomic E-state index is 12.6. The second kappa shape index (κ2) is 11.3. The molecule has 1 N–H and O–H groups in total. The number of fused-ring (bicyclic) bond motifs is 1. The number of nitrogens with one attached hydrogen (secondary N) is 1. The van der Waals surface area contributed by atoms with Crippen molar-refractivity contribution in [2.75, 3.05) is 37.7 Å². The highest BCUT2D eigenvalue weighted by Gasteiger charge is 2.22. The van der Waals surface area contributed by atoms with Gasteiger partial charge in [-0.3, -0.25) is 0 Å². The number of anilines is 1. The lowest BCUT2D eigenvalue weighted by Gasteiger charge is -2.21. The lowest BCUT2D eigenvalue weighted by Crippen LogP contribution is -2.28. The smallest absolute Gasteiger partial charge is 0.251 e. The molecule has 0 amide bonds. The standard InChI is InChI=1S/C26H31N3O4S/c1-5-29(6-2)23-11-10-20-16-22(9-8-21(20)17-23)25-13-12-24(33-25)19(4)26(18-27)34(30,31)28-14-15-32-7-3/h8-13,16-17,28H,5-7,14-15H2,1-4H3/b26-19+. The van der Waals surface area contributed by atoms with Gasteiger partial charge in [-0.25, -0.2) is 13.1 Å². The molecule has 3 rings (SSSR count). The van der Waals surface area contributed by atoms with Crippen LogP contribution in [-0.2, 0) is 14.8 Å². The summed E-state index contributed by atoms with van der Waals surface area (Å²) in [6.45, 7) is 10.4. The minimum Gasteiger partial charge on any atom is -0.456 e. The van der Waals surface area contributed by atoms with Crippen molar-refractivity contribution in [3.05, 3.63) is 59.2 Å². The van der Waals surface area contributed by atoms with E-state index in [2.05, 4.69) is 47.7 Å². The van der Waals surface area contributed by atoms with Crippen LogP contribution in [-0.4, -0.2) is 41.3 Å². The van der Waals surface area contributed by atoms with E-state index in [4.69, 9.17) is 9.15 Å². The molecule has 0 unspecified atom stereocenters. The fraction of sp³-hybridized carbons (Fsp3) is 0.346. The van der Waals surface area contributed by atoms with Gasteiger partial charge in [-0.05, 0) is 68.8 Å². The topological polar surface area (TPSA) is 95.6 Å². The summed E-state index contributed by atoms with van der Waals surface area (Å²) in [6.07, 6.45) is 0. The summed E-state index contributed by atoms with van der Waals surface area (Å²) in [5.41, 5.74) is 2.31. The molecule has 0 aliphatic carbocycles. The van der Waals surface area contributed by atoms with Crippen LogP contribution in [0.5, 0.6) is 0 Å². The van der Waals surface area contributed by atoms with Crippen molar-refractivity contribution in [2.45, 2.75) is 27.7 Å². The summed E-state index contributed by atoms with van der Waals surface area (Å²) in [5, 5.41) is 11.7. The quantitative estimate of drug-likeness (QED) is 0.300. The number of hydrogen-bond acceptors (Lipinski definition) is 6. The van der Waals surface area contributed by atoms with Gasteiger partial charge in [0.25, 0.3) is 10.0 Å². The molecule has 3 aromatic rings. The molecule has 0 fully saturated rings. The number of allylic oxidation sites excluding steroid dienone is 2. The Morgan fingerprint density at radius 2 is 1.76 bits per heavy atom. The monoisotopic (exact) mass is 481 g/mol. The van der Waals surface area contributed by atoms with Gasteiger partial charge in [-0.15, -0.1) is 0 Å². The molecule has 7 nitrogen and oxygen atoms in total. The molecule has 1 heterocycles. The third-order valence-electron chi connectivity index (χ3n) is 5.67. The average molecular weight is 482 g/mol. The van der Waals surface area contributed by atoms with Crippen molar-refractivity contribution < 1.29 is 17.6 Å². The number of benzene rings is 2. The Hall–Kier alpha value is -3.12. The van der Waals surface area contributed by atoms with Gasteiger partial charge in [0.2, 0.25) is 0 Å². The Bertz CT molecular complexity index is 1320. The van der Waals surface area contributed by atoms with E-state index in [0.717, 1.165) is 29.4 Å². The third-order valence-corrected chi connectivity index (χ3v) is 7.19. The zero-order chi connectivity index (χ0) is 24.7. The van der Waals surface area contributed by atoms with E-state index in [1.54, 1.807) is 25.1 Å². The fourth-order valence-corrected chi connectivity index (χ4v) is 4.91. The summed E-state index contributed by atoms with van der Waals surface area (Å²) in [5.74, 6) is 0.932. The van der Waals surface area contributed by atoms with Gasteiger partial charge < -0.3 is 14.1 Å². The van der Waals surface area contributed by atoms with Gasteiger partial charge in [0.15, 0.2) is 4.91 Å². The van der Waals surface area contributed by atoms with Crippen LogP contribution in [0, 0.1) is 11.3 Å². The number of hydrogen-bond donors (Lipinski definition) is 1. The van der Waals surface area contributed by atoms with Crippen molar-refractivity contribution in [1.82, 2.24) is 4.72 Å². The summed E-state index contributed by atoms with van der Waals surface area (Å²) in [7, 11) is -3.98. The van der Waals surface area contributed by atoms with E-state index in [0.29, 0.717) is 18.1 Å². The van der Waals surface area contributed by atoms with Crippen molar-refractivity contribution in [3.63, 3.8) is 0 Å². The van der Waals surface area contributed by atoms with Crippen molar-refractivity contribution in [2.24, 2.45) is 0 Å². The Morgan fingerprint density at radius 1 is 1.06 bits per heavy atom. The molecular formula is C26H31N3O4S. The number of nitriles is 1. The average Bonchev–Trinajstić information content (AvgIpc) is 3.33. The molecule has 0 bridgehead atoms. The highest BCUT2D eigenvalue weighted by atomic mass is 32.2. The van der Waals surface area contributed by atoms with Gasteiger partial charge in [0, 0.05) is 43.1 Å². The summed E-state index contributed by atoms with van der Waals surface area (Å²) in [6, 6.07) is 17.7. The molecule has 0 aliphatic rings. The molecular weight excluding hydrogens is 450 g/mol. The molecule has 0 radical (unpaired) electrons. The van der Waals surface area contributed by atoms with Crippen LogP contribution in [0.3, 0.4) is 0 Å².